The zero-order valence-corrected chi connectivity index (χ0v) is 29.4. The van der Waals surface area contributed by atoms with Crippen LogP contribution in [0.5, 0.6) is 0 Å². The average Bonchev–Trinajstić information content (AvgIpc) is 3.03. The molecule has 0 bridgehead atoms. The van der Waals surface area contributed by atoms with Crippen molar-refractivity contribution < 1.29 is 24.2 Å². The molecule has 0 rings (SSSR count). The van der Waals surface area contributed by atoms with Crippen molar-refractivity contribution in [2.24, 2.45) is 0 Å². The molecule has 0 radical (unpaired) electrons. The van der Waals surface area contributed by atoms with Gasteiger partial charge in [0.15, 0.2) is 12.2 Å². The van der Waals surface area contributed by atoms with Crippen LogP contribution in [0.2, 0.25) is 0 Å². The minimum Gasteiger partial charge on any atom is -0.459 e. The van der Waals surface area contributed by atoms with Gasteiger partial charge >= 0.3 is 11.9 Å². The zero-order chi connectivity index (χ0) is 32.4. The van der Waals surface area contributed by atoms with Crippen molar-refractivity contribution in [2.45, 2.75) is 219 Å². The second-order valence-electron chi connectivity index (χ2n) is 13.1. The van der Waals surface area contributed by atoms with Crippen molar-refractivity contribution in [1.82, 2.24) is 0 Å². The molecule has 0 saturated carbocycles. The third-order valence-electron chi connectivity index (χ3n) is 8.79. The van der Waals surface area contributed by atoms with Gasteiger partial charge in [-0.05, 0) is 19.3 Å². The molecule has 5 nitrogen and oxygen atoms in total. The molecule has 0 aromatic carbocycles. The summed E-state index contributed by atoms with van der Waals surface area (Å²) in [6.45, 7) is 8.20. The molecule has 0 heterocycles. The lowest BCUT2D eigenvalue weighted by Gasteiger charge is -2.18. The normalized spacial score (nSPS) is 12.6. The Kier molecular flexibility index (Phi) is 33.4. The van der Waals surface area contributed by atoms with E-state index in [1.807, 2.05) is 0 Å². The van der Waals surface area contributed by atoms with Gasteiger partial charge in [-0.2, -0.15) is 0 Å². The first-order chi connectivity index (χ1) is 21.6. The number of hydrogen-bond donors (Lipinski definition) is 1. The Labute approximate surface area is 273 Å². The summed E-state index contributed by atoms with van der Waals surface area (Å²) < 4.78 is 10.6. The third kappa shape index (κ3) is 29.4. The van der Waals surface area contributed by atoms with Gasteiger partial charge in [-0.1, -0.05) is 200 Å². The van der Waals surface area contributed by atoms with Crippen LogP contribution in [0.15, 0.2) is 12.7 Å². The highest BCUT2D eigenvalue weighted by Gasteiger charge is 2.27. The molecular weight excluding hydrogens is 548 g/mol. The molecule has 5 heteroatoms. The van der Waals surface area contributed by atoms with Crippen LogP contribution in [0.1, 0.15) is 206 Å². The van der Waals surface area contributed by atoms with E-state index in [9.17, 15) is 14.7 Å². The fraction of sp³-hybridized carbons (Fsp3) is 0.897. The topological polar surface area (TPSA) is 72.8 Å². The van der Waals surface area contributed by atoms with Gasteiger partial charge in [0, 0.05) is 0 Å². The van der Waals surface area contributed by atoms with Crippen LogP contribution in [0, 0.1) is 0 Å². The highest BCUT2D eigenvalue weighted by atomic mass is 16.6. The molecule has 0 aliphatic rings. The van der Waals surface area contributed by atoms with E-state index in [2.05, 4.69) is 20.4 Å². The summed E-state index contributed by atoms with van der Waals surface area (Å²) in [4.78, 5) is 25.0. The van der Waals surface area contributed by atoms with Gasteiger partial charge in [0.1, 0.15) is 6.61 Å². The number of aliphatic hydroxyl groups is 1. The molecule has 0 spiro atoms. The summed E-state index contributed by atoms with van der Waals surface area (Å²) in [6.07, 6.45) is 35.5. The Hall–Kier alpha value is -1.36. The minimum absolute atomic E-state index is 0.0905. The van der Waals surface area contributed by atoms with Gasteiger partial charge in [0.05, 0.1) is 0 Å². The van der Waals surface area contributed by atoms with E-state index in [1.54, 1.807) is 0 Å². The van der Waals surface area contributed by atoms with Gasteiger partial charge in [-0.15, -0.1) is 0 Å². The smallest absolute Gasteiger partial charge is 0.347 e. The standard InChI is InChI=1S/C39H74O5/c1-4-7-9-11-13-15-17-19-21-23-25-27-29-31-33-36(40)38(41)44-37(39(42)43-35-6-3)34-32-30-28-26-24-22-20-18-16-14-12-10-8-5-2/h6,36-37,40H,3-5,7-35H2,1-2H3. The molecule has 0 aromatic rings. The van der Waals surface area contributed by atoms with Gasteiger partial charge in [0.2, 0.25) is 0 Å². The minimum atomic E-state index is -1.18. The maximum absolute atomic E-state index is 12.5. The quantitative estimate of drug-likeness (QED) is 0.0432. The van der Waals surface area contributed by atoms with Crippen LogP contribution in [0.4, 0.5) is 0 Å². The van der Waals surface area contributed by atoms with E-state index in [0.29, 0.717) is 12.8 Å². The molecule has 0 saturated heterocycles. The van der Waals surface area contributed by atoms with Crippen molar-refractivity contribution in [1.29, 1.82) is 0 Å². The van der Waals surface area contributed by atoms with Gasteiger partial charge in [-0.25, -0.2) is 9.59 Å². The largest absolute Gasteiger partial charge is 0.459 e. The van der Waals surface area contributed by atoms with E-state index in [4.69, 9.17) is 9.47 Å². The predicted octanol–water partition coefficient (Wildman–Crippen LogP) is 11.7. The van der Waals surface area contributed by atoms with E-state index in [-0.39, 0.29) is 6.61 Å². The average molecular weight is 623 g/mol. The van der Waals surface area contributed by atoms with Crippen LogP contribution < -0.4 is 0 Å². The molecule has 2 unspecified atom stereocenters. The summed E-state index contributed by atoms with van der Waals surface area (Å²) in [5.74, 6) is -1.25. The number of unbranched alkanes of at least 4 members (excludes halogenated alkanes) is 26. The monoisotopic (exact) mass is 623 g/mol. The SMILES string of the molecule is C=CCOC(=O)C(CCCCCCCCCCCCCCCC)OC(=O)C(O)CCCCCCCCCCCCCCCC. The zero-order valence-electron chi connectivity index (χ0n) is 29.4. The number of esters is 2. The van der Waals surface area contributed by atoms with Crippen molar-refractivity contribution in [3.63, 3.8) is 0 Å². The predicted molar refractivity (Wildman–Crippen MR) is 187 cm³/mol. The van der Waals surface area contributed by atoms with Crippen molar-refractivity contribution in [3.8, 4) is 0 Å². The second kappa shape index (κ2) is 34.5. The first kappa shape index (κ1) is 42.6. The number of ether oxygens (including phenoxy) is 2. The molecule has 0 aromatic heterocycles. The number of aliphatic hydroxyl groups excluding tert-OH is 1. The van der Waals surface area contributed by atoms with Gasteiger partial charge < -0.3 is 14.6 Å². The maximum Gasteiger partial charge on any atom is 0.347 e. The fourth-order valence-electron chi connectivity index (χ4n) is 5.85. The molecule has 0 aliphatic heterocycles. The van der Waals surface area contributed by atoms with Gasteiger partial charge in [-0.3, -0.25) is 0 Å². The second-order valence-corrected chi connectivity index (χ2v) is 13.1. The highest BCUT2D eigenvalue weighted by molar-refractivity contribution is 5.81. The van der Waals surface area contributed by atoms with Crippen LogP contribution in [-0.2, 0) is 19.1 Å². The lowest BCUT2D eigenvalue weighted by Crippen LogP contribution is -2.34. The highest BCUT2D eigenvalue weighted by Crippen LogP contribution is 2.17. The fourth-order valence-corrected chi connectivity index (χ4v) is 5.85. The number of hydrogen-bond acceptors (Lipinski definition) is 5. The molecule has 260 valence electrons. The van der Waals surface area contributed by atoms with Gasteiger partial charge in [0.25, 0.3) is 0 Å². The molecule has 1 N–H and O–H groups in total. The first-order valence-electron chi connectivity index (χ1n) is 19.2. The Morgan fingerprint density at radius 2 is 0.841 bits per heavy atom. The Morgan fingerprint density at radius 3 is 1.18 bits per heavy atom. The van der Waals surface area contributed by atoms with E-state index in [1.165, 1.54) is 147 Å². The molecule has 0 aliphatic carbocycles. The summed E-state index contributed by atoms with van der Waals surface area (Å²) in [6, 6.07) is 0. The molecule has 0 amide bonds. The number of rotatable bonds is 35. The molecule has 0 fully saturated rings. The van der Waals surface area contributed by atoms with Crippen molar-refractivity contribution in [3.05, 3.63) is 12.7 Å². The maximum atomic E-state index is 12.5. The Bertz CT molecular complexity index is 634. The Balaban J connectivity index is 3.96. The summed E-state index contributed by atoms with van der Waals surface area (Å²) in [5, 5.41) is 10.4. The van der Waals surface area contributed by atoms with Crippen LogP contribution in [0.25, 0.3) is 0 Å². The summed E-state index contributed by atoms with van der Waals surface area (Å²) >= 11 is 0. The molecule has 2 atom stereocenters. The number of carbonyl (C=O) groups is 2. The lowest BCUT2D eigenvalue weighted by atomic mass is 10.0. The lowest BCUT2D eigenvalue weighted by molar-refractivity contribution is -0.173. The summed E-state index contributed by atoms with van der Waals surface area (Å²) in [5.41, 5.74) is 0. The first-order valence-corrected chi connectivity index (χ1v) is 19.2. The van der Waals surface area contributed by atoms with Crippen molar-refractivity contribution in [2.75, 3.05) is 6.61 Å². The van der Waals surface area contributed by atoms with Crippen molar-refractivity contribution >= 4 is 11.9 Å². The third-order valence-corrected chi connectivity index (χ3v) is 8.79. The van der Waals surface area contributed by atoms with E-state index in [0.717, 1.165) is 38.5 Å². The van der Waals surface area contributed by atoms with E-state index >= 15 is 0 Å². The van der Waals surface area contributed by atoms with Crippen LogP contribution >= 0.6 is 0 Å². The Morgan fingerprint density at radius 1 is 0.523 bits per heavy atom. The number of carbonyl (C=O) groups excluding carboxylic acids is 2. The van der Waals surface area contributed by atoms with E-state index < -0.39 is 24.1 Å². The molecular formula is C39H74O5. The summed E-state index contributed by atoms with van der Waals surface area (Å²) in [7, 11) is 0. The van der Waals surface area contributed by atoms with Crippen LogP contribution in [-0.4, -0.2) is 35.9 Å². The molecule has 44 heavy (non-hydrogen) atoms. The van der Waals surface area contributed by atoms with Crippen LogP contribution in [0.3, 0.4) is 0 Å².